The highest BCUT2D eigenvalue weighted by molar-refractivity contribution is 14.0. The molecule has 1 fully saturated rings. The summed E-state index contributed by atoms with van der Waals surface area (Å²) < 4.78 is 5.93. The Bertz CT molecular complexity index is 836. The van der Waals surface area contributed by atoms with Gasteiger partial charge in [-0.15, -0.1) is 24.0 Å². The molecule has 3 rings (SSSR count). The Morgan fingerprint density at radius 2 is 1.71 bits per heavy atom. The fourth-order valence-electron chi connectivity index (χ4n) is 3.77. The zero-order chi connectivity index (χ0) is 21.2. The molecule has 168 valence electrons. The molecule has 31 heavy (non-hydrogen) atoms. The number of likely N-dealkylation sites (tertiary alicyclic amines) is 1. The number of para-hydroxylation sites is 1. The topological polar surface area (TPSA) is 66.0 Å². The molecule has 1 heterocycles. The second-order valence-electron chi connectivity index (χ2n) is 7.58. The molecule has 7 heteroatoms. The van der Waals surface area contributed by atoms with Crippen molar-refractivity contribution < 1.29 is 9.53 Å². The number of hydrogen-bond acceptors (Lipinski definition) is 3. The molecule has 2 aromatic carbocycles. The van der Waals surface area contributed by atoms with Gasteiger partial charge in [-0.25, -0.2) is 0 Å². The van der Waals surface area contributed by atoms with Gasteiger partial charge in [0.1, 0.15) is 12.4 Å². The number of guanidine groups is 1. The van der Waals surface area contributed by atoms with Gasteiger partial charge < -0.3 is 20.3 Å². The minimum absolute atomic E-state index is 0. The monoisotopic (exact) mass is 536 g/mol. The number of aliphatic imine (C=N–C) groups is 1. The number of piperidine rings is 1. The molecule has 2 N–H and O–H groups in total. The van der Waals surface area contributed by atoms with Crippen molar-refractivity contribution in [3.8, 4) is 5.75 Å². The number of carbonyl (C=O) groups excluding carboxylic acids is 1. The summed E-state index contributed by atoms with van der Waals surface area (Å²) in [5, 5.41) is 6.22. The first-order chi connectivity index (χ1) is 14.7. The van der Waals surface area contributed by atoms with E-state index < -0.39 is 0 Å². The Labute approximate surface area is 202 Å². The number of halogens is 1. The average molecular weight is 536 g/mol. The van der Waals surface area contributed by atoms with Crippen LogP contribution in [0, 0.1) is 5.92 Å². The van der Waals surface area contributed by atoms with Gasteiger partial charge in [-0.2, -0.15) is 0 Å². The summed E-state index contributed by atoms with van der Waals surface area (Å²) in [6, 6.07) is 18.2. The minimum atomic E-state index is 0. The lowest BCUT2D eigenvalue weighted by Gasteiger charge is -2.34. The number of nitrogens with zero attached hydrogens (tertiary/aromatic N) is 2. The number of carbonyl (C=O) groups is 1. The third-order valence-corrected chi connectivity index (χ3v) is 5.57. The lowest BCUT2D eigenvalue weighted by Crippen LogP contribution is -2.45. The number of nitrogens with one attached hydrogen (secondary N) is 2. The lowest BCUT2D eigenvalue weighted by atomic mass is 9.93. The van der Waals surface area contributed by atoms with Crippen molar-refractivity contribution in [1.29, 1.82) is 0 Å². The molecule has 0 aliphatic carbocycles. The highest BCUT2D eigenvalue weighted by Crippen LogP contribution is 2.21. The van der Waals surface area contributed by atoms with Crippen LogP contribution < -0.4 is 15.4 Å². The van der Waals surface area contributed by atoms with Crippen LogP contribution in [0.3, 0.4) is 0 Å². The van der Waals surface area contributed by atoms with Crippen LogP contribution in [-0.2, 0) is 17.9 Å². The number of rotatable bonds is 7. The Morgan fingerprint density at radius 1 is 1.06 bits per heavy atom. The van der Waals surface area contributed by atoms with Crippen LogP contribution in [0.5, 0.6) is 5.75 Å². The Balaban J connectivity index is 0.00000341. The third kappa shape index (κ3) is 7.72. The number of benzene rings is 2. The van der Waals surface area contributed by atoms with Crippen LogP contribution in [0.25, 0.3) is 0 Å². The third-order valence-electron chi connectivity index (χ3n) is 5.57. The van der Waals surface area contributed by atoms with Crippen LogP contribution in [0.1, 0.15) is 30.4 Å². The molecule has 1 aliphatic heterocycles. The highest BCUT2D eigenvalue weighted by atomic mass is 127. The SMILES string of the molecule is CN=C(NCc1ccccc1COc1ccccc1)N1CCC(CC(=O)NC)CC1.I. The van der Waals surface area contributed by atoms with Gasteiger partial charge in [0.15, 0.2) is 5.96 Å². The number of amides is 1. The van der Waals surface area contributed by atoms with E-state index >= 15 is 0 Å². The molecule has 2 aromatic rings. The van der Waals surface area contributed by atoms with E-state index in [2.05, 4.69) is 38.7 Å². The van der Waals surface area contributed by atoms with Gasteiger partial charge in [0, 0.05) is 40.2 Å². The van der Waals surface area contributed by atoms with Crippen LogP contribution in [0.2, 0.25) is 0 Å². The van der Waals surface area contributed by atoms with Crippen LogP contribution in [-0.4, -0.2) is 44.0 Å². The van der Waals surface area contributed by atoms with Crippen LogP contribution >= 0.6 is 24.0 Å². The second-order valence-corrected chi connectivity index (χ2v) is 7.58. The van der Waals surface area contributed by atoms with E-state index in [1.807, 2.05) is 43.4 Å². The van der Waals surface area contributed by atoms with E-state index in [0.717, 1.165) is 43.2 Å². The maximum absolute atomic E-state index is 11.6. The van der Waals surface area contributed by atoms with Gasteiger partial charge in [-0.05, 0) is 42.0 Å². The Morgan fingerprint density at radius 3 is 2.35 bits per heavy atom. The molecule has 0 unspecified atom stereocenters. The summed E-state index contributed by atoms with van der Waals surface area (Å²) in [5.41, 5.74) is 2.36. The van der Waals surface area contributed by atoms with Crippen molar-refractivity contribution in [2.45, 2.75) is 32.4 Å². The summed E-state index contributed by atoms with van der Waals surface area (Å²) in [5.74, 6) is 2.36. The first kappa shape index (κ1) is 25.0. The fourth-order valence-corrected chi connectivity index (χ4v) is 3.77. The maximum atomic E-state index is 11.6. The van der Waals surface area contributed by atoms with Crippen molar-refractivity contribution in [2.75, 3.05) is 27.2 Å². The van der Waals surface area contributed by atoms with E-state index in [9.17, 15) is 4.79 Å². The molecule has 0 spiro atoms. The molecular formula is C24H33IN4O2. The smallest absolute Gasteiger partial charge is 0.220 e. The first-order valence-corrected chi connectivity index (χ1v) is 10.6. The summed E-state index contributed by atoms with van der Waals surface area (Å²) in [6.45, 7) is 3.06. The minimum Gasteiger partial charge on any atom is -0.489 e. The molecule has 6 nitrogen and oxygen atoms in total. The molecule has 1 amide bonds. The first-order valence-electron chi connectivity index (χ1n) is 10.6. The predicted octanol–water partition coefficient (Wildman–Crippen LogP) is 3.81. The quantitative estimate of drug-likeness (QED) is 0.321. The van der Waals surface area contributed by atoms with Crippen molar-refractivity contribution in [3.05, 3.63) is 65.7 Å². The average Bonchev–Trinajstić information content (AvgIpc) is 2.80. The summed E-state index contributed by atoms with van der Waals surface area (Å²) in [7, 11) is 3.52. The van der Waals surface area contributed by atoms with E-state index in [1.165, 1.54) is 5.56 Å². The van der Waals surface area contributed by atoms with Gasteiger partial charge in [0.05, 0.1) is 0 Å². The van der Waals surface area contributed by atoms with E-state index in [1.54, 1.807) is 7.05 Å². The van der Waals surface area contributed by atoms with Gasteiger partial charge in [-0.1, -0.05) is 42.5 Å². The van der Waals surface area contributed by atoms with E-state index in [0.29, 0.717) is 25.5 Å². The molecule has 0 aromatic heterocycles. The molecule has 0 saturated carbocycles. The van der Waals surface area contributed by atoms with Crippen molar-refractivity contribution in [2.24, 2.45) is 10.9 Å². The fraction of sp³-hybridized carbons (Fsp3) is 0.417. The Hall–Kier alpha value is -2.29. The molecule has 1 saturated heterocycles. The van der Waals surface area contributed by atoms with Gasteiger partial charge in [0.2, 0.25) is 5.91 Å². The van der Waals surface area contributed by atoms with E-state index in [-0.39, 0.29) is 29.9 Å². The molecule has 0 radical (unpaired) electrons. The van der Waals surface area contributed by atoms with Crippen LogP contribution in [0.15, 0.2) is 59.6 Å². The van der Waals surface area contributed by atoms with Gasteiger partial charge in [-0.3, -0.25) is 9.79 Å². The lowest BCUT2D eigenvalue weighted by molar-refractivity contribution is -0.121. The molecule has 0 bridgehead atoms. The van der Waals surface area contributed by atoms with Crippen molar-refractivity contribution in [1.82, 2.24) is 15.5 Å². The Kier molecular flexibility index (Phi) is 10.6. The summed E-state index contributed by atoms with van der Waals surface area (Å²) in [6.07, 6.45) is 2.64. The zero-order valence-corrected chi connectivity index (χ0v) is 20.7. The number of ether oxygens (including phenoxy) is 1. The largest absolute Gasteiger partial charge is 0.489 e. The van der Waals surface area contributed by atoms with E-state index in [4.69, 9.17) is 4.74 Å². The van der Waals surface area contributed by atoms with Gasteiger partial charge >= 0.3 is 0 Å². The highest BCUT2D eigenvalue weighted by Gasteiger charge is 2.23. The zero-order valence-electron chi connectivity index (χ0n) is 18.3. The standard InChI is InChI=1S/C24H32N4O2.HI/c1-25-23(29)16-19-12-14-28(15-13-19)24(26-2)27-17-20-8-6-7-9-21(20)18-30-22-10-4-3-5-11-22;/h3-11,19H,12-18H2,1-2H3,(H,25,29)(H,26,27);1H. The predicted molar refractivity (Wildman–Crippen MR) is 136 cm³/mol. The number of hydrogen-bond donors (Lipinski definition) is 2. The van der Waals surface area contributed by atoms with Crippen molar-refractivity contribution in [3.63, 3.8) is 0 Å². The summed E-state index contributed by atoms with van der Waals surface area (Å²) in [4.78, 5) is 18.4. The normalized spacial score (nSPS) is 14.5. The summed E-state index contributed by atoms with van der Waals surface area (Å²) >= 11 is 0. The molecular weight excluding hydrogens is 503 g/mol. The molecule has 0 atom stereocenters. The van der Waals surface area contributed by atoms with Gasteiger partial charge in [0.25, 0.3) is 0 Å². The second kappa shape index (κ2) is 13.2. The molecule has 1 aliphatic rings. The van der Waals surface area contributed by atoms with Crippen LogP contribution in [0.4, 0.5) is 0 Å². The maximum Gasteiger partial charge on any atom is 0.220 e. The van der Waals surface area contributed by atoms with Crippen molar-refractivity contribution >= 4 is 35.8 Å².